The normalized spacial score (nSPS) is 17.7. The van der Waals surface area contributed by atoms with Gasteiger partial charge < -0.3 is 10.1 Å². The maximum atomic E-state index is 12.9. The molecular formula is C18H18N4O4S. The number of benzene rings is 1. The van der Waals surface area contributed by atoms with Crippen LogP contribution in [0.5, 0.6) is 5.75 Å². The van der Waals surface area contributed by atoms with Crippen LogP contribution in [0.25, 0.3) is 5.65 Å². The Morgan fingerprint density at radius 3 is 2.85 bits per heavy atom. The van der Waals surface area contributed by atoms with E-state index in [2.05, 4.69) is 15.5 Å². The lowest BCUT2D eigenvalue weighted by Crippen LogP contribution is -2.41. The van der Waals surface area contributed by atoms with Crippen molar-refractivity contribution in [3.63, 3.8) is 0 Å². The number of fused-ring (bicyclic) bond motifs is 2. The molecule has 0 saturated heterocycles. The highest BCUT2D eigenvalue weighted by molar-refractivity contribution is 7.92. The predicted octanol–water partition coefficient (Wildman–Crippen LogP) is 1.53. The van der Waals surface area contributed by atoms with Crippen molar-refractivity contribution < 1.29 is 17.9 Å². The molecule has 140 valence electrons. The smallest absolute Gasteiger partial charge is 0.254 e. The molecule has 9 heteroatoms. The summed E-state index contributed by atoms with van der Waals surface area (Å²) < 4.78 is 32.8. The van der Waals surface area contributed by atoms with E-state index in [4.69, 9.17) is 4.74 Å². The van der Waals surface area contributed by atoms with Crippen LogP contribution in [0, 0.1) is 0 Å². The topological polar surface area (TPSA) is 103 Å². The first-order chi connectivity index (χ1) is 13.0. The number of rotatable bonds is 4. The molecule has 3 aromatic rings. The van der Waals surface area contributed by atoms with Crippen molar-refractivity contribution in [1.29, 1.82) is 0 Å². The van der Waals surface area contributed by atoms with E-state index >= 15 is 0 Å². The minimum Gasteiger partial charge on any atom is -0.493 e. The Balaban J connectivity index is 1.59. The summed E-state index contributed by atoms with van der Waals surface area (Å²) in [5, 5.41) is 8.92. The Morgan fingerprint density at radius 1 is 1.22 bits per heavy atom. The van der Waals surface area contributed by atoms with E-state index in [1.807, 2.05) is 24.3 Å². The number of pyridine rings is 1. The van der Waals surface area contributed by atoms with Crippen molar-refractivity contribution in [2.75, 3.05) is 6.61 Å². The Bertz CT molecular complexity index is 1110. The fraction of sp³-hybridized carbons (Fsp3) is 0.278. The first-order valence-electron chi connectivity index (χ1n) is 8.54. The summed E-state index contributed by atoms with van der Waals surface area (Å²) >= 11 is 0. The average Bonchev–Trinajstić information content (AvgIpc) is 3.12. The van der Waals surface area contributed by atoms with Crippen LogP contribution in [0.1, 0.15) is 24.9 Å². The minimum atomic E-state index is -4.00. The number of sulfone groups is 1. The number of aromatic nitrogens is 3. The monoisotopic (exact) mass is 386 g/mol. The Labute approximate surface area is 156 Å². The molecule has 0 unspecified atom stereocenters. The van der Waals surface area contributed by atoms with Gasteiger partial charge in [0.1, 0.15) is 11.0 Å². The van der Waals surface area contributed by atoms with Gasteiger partial charge in [0, 0.05) is 18.2 Å². The molecule has 0 bridgehead atoms. The van der Waals surface area contributed by atoms with Crippen LogP contribution < -0.4 is 10.1 Å². The van der Waals surface area contributed by atoms with E-state index < -0.39 is 21.0 Å². The van der Waals surface area contributed by atoms with Gasteiger partial charge in [0.25, 0.3) is 5.16 Å². The van der Waals surface area contributed by atoms with E-state index in [-0.39, 0.29) is 11.2 Å². The van der Waals surface area contributed by atoms with Crippen molar-refractivity contribution in [1.82, 2.24) is 19.9 Å². The van der Waals surface area contributed by atoms with Gasteiger partial charge in [-0.3, -0.25) is 9.20 Å². The lowest BCUT2D eigenvalue weighted by Gasteiger charge is -2.27. The number of hydrogen-bond donors (Lipinski definition) is 1. The van der Waals surface area contributed by atoms with Gasteiger partial charge in [-0.2, -0.15) is 0 Å². The zero-order valence-corrected chi connectivity index (χ0v) is 15.4. The molecule has 0 saturated carbocycles. The fourth-order valence-electron chi connectivity index (χ4n) is 3.09. The van der Waals surface area contributed by atoms with Gasteiger partial charge in [-0.15, -0.1) is 10.2 Å². The van der Waals surface area contributed by atoms with E-state index in [1.165, 1.54) is 11.3 Å². The number of nitrogens with one attached hydrogen (secondary N) is 1. The molecule has 0 aliphatic carbocycles. The van der Waals surface area contributed by atoms with Gasteiger partial charge in [-0.1, -0.05) is 24.3 Å². The second-order valence-corrected chi connectivity index (χ2v) is 8.50. The largest absolute Gasteiger partial charge is 0.493 e. The highest BCUT2D eigenvalue weighted by Crippen LogP contribution is 2.31. The van der Waals surface area contributed by atoms with Crippen LogP contribution in [0.2, 0.25) is 0 Å². The van der Waals surface area contributed by atoms with Crippen molar-refractivity contribution in [3.8, 4) is 5.75 Å². The minimum absolute atomic E-state index is 0.242. The number of carbonyl (C=O) groups excluding carboxylic acids is 1. The molecule has 0 spiro atoms. The maximum Gasteiger partial charge on any atom is 0.254 e. The maximum absolute atomic E-state index is 12.9. The SMILES string of the molecule is C[C@H](C(=O)N[C@H]1CCOc2ccccc21)S(=O)(=O)c1nnc2ccccn12. The standard InChI is InChI=1S/C18H18N4O4S/c1-12(27(24,25)18-21-20-16-8-4-5-10-22(16)18)17(23)19-14-9-11-26-15-7-3-2-6-13(14)15/h2-8,10,12,14H,9,11H2,1H3,(H,19,23)/t12-,14+/m1/s1. The van der Waals surface area contributed by atoms with Gasteiger partial charge in [-0.25, -0.2) is 8.42 Å². The molecular weight excluding hydrogens is 368 g/mol. The van der Waals surface area contributed by atoms with Gasteiger partial charge >= 0.3 is 0 Å². The zero-order valence-electron chi connectivity index (χ0n) is 14.6. The van der Waals surface area contributed by atoms with Crippen molar-refractivity contribution in [2.24, 2.45) is 0 Å². The first-order valence-corrected chi connectivity index (χ1v) is 10.1. The van der Waals surface area contributed by atoms with Crippen LogP contribution in [-0.2, 0) is 14.6 Å². The summed E-state index contributed by atoms with van der Waals surface area (Å²) in [7, 11) is -4.00. The summed E-state index contributed by atoms with van der Waals surface area (Å²) in [4.78, 5) is 12.7. The van der Waals surface area contributed by atoms with Crippen LogP contribution in [0.15, 0.2) is 53.8 Å². The molecule has 1 amide bonds. The third-order valence-corrected chi connectivity index (χ3v) is 6.58. The summed E-state index contributed by atoms with van der Waals surface area (Å²) in [6, 6.07) is 12.2. The Hall–Kier alpha value is -2.94. The molecule has 27 heavy (non-hydrogen) atoms. The quantitative estimate of drug-likeness (QED) is 0.729. The van der Waals surface area contributed by atoms with Crippen molar-refractivity contribution in [3.05, 3.63) is 54.2 Å². The first kappa shape index (κ1) is 17.5. The van der Waals surface area contributed by atoms with Crippen LogP contribution in [-0.4, -0.2) is 40.8 Å². The number of para-hydroxylation sites is 1. The van der Waals surface area contributed by atoms with Crippen molar-refractivity contribution >= 4 is 21.4 Å². The van der Waals surface area contributed by atoms with Crippen LogP contribution in [0.4, 0.5) is 0 Å². The third kappa shape index (κ3) is 3.03. The van der Waals surface area contributed by atoms with Crippen molar-refractivity contribution in [2.45, 2.75) is 29.8 Å². The molecule has 1 aliphatic heterocycles. The second-order valence-electron chi connectivity index (χ2n) is 6.33. The molecule has 0 radical (unpaired) electrons. The second kappa shape index (κ2) is 6.66. The molecule has 2 atom stereocenters. The molecule has 0 fully saturated rings. The zero-order chi connectivity index (χ0) is 19.0. The van der Waals surface area contributed by atoms with Crippen LogP contribution in [0.3, 0.4) is 0 Å². The molecule has 4 rings (SSSR count). The lowest BCUT2D eigenvalue weighted by molar-refractivity contribution is -0.121. The van der Waals surface area contributed by atoms with Gasteiger partial charge in [-0.05, 0) is 25.1 Å². The Morgan fingerprint density at radius 2 is 2.00 bits per heavy atom. The molecule has 1 aromatic carbocycles. The summed E-state index contributed by atoms with van der Waals surface area (Å²) in [6.07, 6.45) is 2.13. The molecule has 8 nitrogen and oxygen atoms in total. The van der Waals surface area contributed by atoms with Gasteiger partial charge in [0.05, 0.1) is 12.6 Å². The highest BCUT2D eigenvalue weighted by Gasteiger charge is 2.35. The summed E-state index contributed by atoms with van der Waals surface area (Å²) in [5.74, 6) is 0.123. The number of nitrogens with zero attached hydrogens (tertiary/aromatic N) is 3. The van der Waals surface area contributed by atoms with Gasteiger partial charge in [0.15, 0.2) is 5.65 Å². The predicted molar refractivity (Wildman–Crippen MR) is 97.1 cm³/mol. The molecule has 1 N–H and O–H groups in total. The number of carbonyl (C=O) groups is 1. The molecule has 3 heterocycles. The molecule has 1 aliphatic rings. The number of ether oxygens (including phenoxy) is 1. The Kier molecular flexibility index (Phi) is 4.31. The average molecular weight is 386 g/mol. The third-order valence-electron chi connectivity index (χ3n) is 4.65. The number of hydrogen-bond acceptors (Lipinski definition) is 6. The van der Waals surface area contributed by atoms with E-state index in [0.717, 1.165) is 5.56 Å². The van der Waals surface area contributed by atoms with Crippen LogP contribution >= 0.6 is 0 Å². The number of amides is 1. The summed E-state index contributed by atoms with van der Waals surface area (Å²) in [6.45, 7) is 1.82. The van der Waals surface area contributed by atoms with Gasteiger partial charge in [0.2, 0.25) is 15.7 Å². The van der Waals surface area contributed by atoms with E-state index in [0.29, 0.717) is 24.4 Å². The van der Waals surface area contributed by atoms with E-state index in [1.54, 1.807) is 24.4 Å². The lowest BCUT2D eigenvalue weighted by atomic mass is 10.0. The molecule has 2 aromatic heterocycles. The summed E-state index contributed by atoms with van der Waals surface area (Å²) in [5.41, 5.74) is 1.25. The van der Waals surface area contributed by atoms with E-state index in [9.17, 15) is 13.2 Å². The fourth-order valence-corrected chi connectivity index (χ4v) is 4.34. The highest BCUT2D eigenvalue weighted by atomic mass is 32.2.